The third kappa shape index (κ3) is 4.54. The highest BCUT2D eigenvalue weighted by Crippen LogP contribution is 2.28. The quantitative estimate of drug-likeness (QED) is 0.632. The van der Waals surface area contributed by atoms with Gasteiger partial charge in [0.1, 0.15) is 11.3 Å². The molecular weight excluding hydrogens is 384 g/mol. The summed E-state index contributed by atoms with van der Waals surface area (Å²) in [5.74, 6) is -1.54. The van der Waals surface area contributed by atoms with Gasteiger partial charge in [0.25, 0.3) is 5.91 Å². The molecule has 154 valence electrons. The number of rotatable bonds is 5. The number of urea groups is 1. The number of hydrogen-bond donors (Lipinski definition) is 2. The Morgan fingerprint density at radius 3 is 2.43 bits per heavy atom. The number of nitrogens with two attached hydrogens (primary N) is 1. The van der Waals surface area contributed by atoms with E-state index in [9.17, 15) is 14.4 Å². The highest BCUT2D eigenvalue weighted by molar-refractivity contribution is 6.00. The van der Waals surface area contributed by atoms with Gasteiger partial charge in [-0.2, -0.15) is 5.10 Å². The minimum Gasteiger partial charge on any atom is -0.449 e. The number of para-hydroxylation sites is 1. The Kier molecular flexibility index (Phi) is 5.96. The molecule has 1 aromatic heterocycles. The summed E-state index contributed by atoms with van der Waals surface area (Å²) < 4.78 is 6.84. The minimum atomic E-state index is -1.21. The summed E-state index contributed by atoms with van der Waals surface area (Å²) in [7, 11) is 0. The molecule has 3 rings (SSSR count). The molecule has 3 N–H and O–H groups in total. The van der Waals surface area contributed by atoms with Crippen molar-refractivity contribution in [2.75, 3.05) is 0 Å². The third-order valence-electron chi connectivity index (χ3n) is 4.49. The Morgan fingerprint density at radius 2 is 1.80 bits per heavy atom. The molecule has 8 heteroatoms. The number of amides is 3. The molecule has 3 amide bonds. The van der Waals surface area contributed by atoms with Crippen LogP contribution in [0.5, 0.6) is 0 Å². The van der Waals surface area contributed by atoms with Crippen LogP contribution in [-0.4, -0.2) is 33.8 Å². The lowest BCUT2D eigenvalue weighted by molar-refractivity contribution is -0.127. The van der Waals surface area contributed by atoms with E-state index in [1.54, 1.807) is 10.9 Å². The van der Waals surface area contributed by atoms with Crippen LogP contribution in [-0.2, 0) is 9.53 Å². The molecule has 0 saturated carbocycles. The van der Waals surface area contributed by atoms with Crippen LogP contribution in [0.1, 0.15) is 28.4 Å². The van der Waals surface area contributed by atoms with Gasteiger partial charge in [0, 0.05) is 11.8 Å². The first-order valence-electron chi connectivity index (χ1n) is 9.30. The number of nitrogens with one attached hydrogen (secondary N) is 1. The number of esters is 1. The van der Waals surface area contributed by atoms with Crippen LogP contribution in [0.2, 0.25) is 0 Å². The molecule has 30 heavy (non-hydrogen) atoms. The molecular formula is C22H22N4O4. The Balaban J connectivity index is 2.01. The van der Waals surface area contributed by atoms with Crippen LogP contribution >= 0.6 is 0 Å². The van der Waals surface area contributed by atoms with E-state index in [0.29, 0.717) is 5.69 Å². The fraction of sp³-hybridized carbons (Fsp3) is 0.182. The molecule has 0 aliphatic rings. The van der Waals surface area contributed by atoms with Gasteiger partial charge in [0.2, 0.25) is 0 Å². The lowest BCUT2D eigenvalue weighted by Gasteiger charge is -2.12. The molecule has 0 fully saturated rings. The van der Waals surface area contributed by atoms with Gasteiger partial charge in [-0.1, -0.05) is 42.0 Å². The highest BCUT2D eigenvalue weighted by atomic mass is 16.5. The normalized spacial score (nSPS) is 11.6. The standard InChI is InChI=1S/C22H22N4O4/c1-13-9-10-17(14(2)11-13)19-18(12-26(25-19)16-7-5-4-6-8-16)21(28)30-15(3)20(27)24-22(23)29/h4-12,15H,1-3H3,(H3,23,24,27,29)/t15-/m1/s1. The second-order valence-electron chi connectivity index (χ2n) is 6.89. The number of ether oxygens (including phenoxy) is 1. The number of imide groups is 1. The van der Waals surface area contributed by atoms with E-state index in [0.717, 1.165) is 22.4 Å². The van der Waals surface area contributed by atoms with Gasteiger partial charge in [0.15, 0.2) is 6.10 Å². The molecule has 0 radical (unpaired) electrons. The summed E-state index contributed by atoms with van der Waals surface area (Å²) in [4.78, 5) is 35.6. The Hall–Kier alpha value is -3.94. The Bertz CT molecular complexity index is 1110. The summed E-state index contributed by atoms with van der Waals surface area (Å²) in [6.45, 7) is 5.27. The lowest BCUT2D eigenvalue weighted by atomic mass is 10.0. The maximum atomic E-state index is 12.9. The summed E-state index contributed by atoms with van der Waals surface area (Å²) in [5.41, 5.74) is 9.15. The van der Waals surface area contributed by atoms with E-state index in [-0.39, 0.29) is 5.56 Å². The van der Waals surface area contributed by atoms with Crippen LogP contribution in [0.4, 0.5) is 4.79 Å². The minimum absolute atomic E-state index is 0.199. The van der Waals surface area contributed by atoms with Gasteiger partial charge in [-0.15, -0.1) is 0 Å². The van der Waals surface area contributed by atoms with Crippen LogP contribution in [0, 0.1) is 13.8 Å². The fourth-order valence-corrected chi connectivity index (χ4v) is 3.02. The predicted molar refractivity (Wildman–Crippen MR) is 111 cm³/mol. The molecule has 0 aliphatic carbocycles. The number of aromatic nitrogens is 2. The van der Waals surface area contributed by atoms with Crippen molar-refractivity contribution in [2.45, 2.75) is 26.9 Å². The van der Waals surface area contributed by atoms with Crippen LogP contribution in [0.3, 0.4) is 0 Å². The summed E-state index contributed by atoms with van der Waals surface area (Å²) >= 11 is 0. The predicted octanol–water partition coefficient (Wildman–Crippen LogP) is 2.90. The smallest absolute Gasteiger partial charge is 0.342 e. The molecule has 0 unspecified atom stereocenters. The first-order chi connectivity index (χ1) is 14.3. The molecule has 0 saturated heterocycles. The van der Waals surface area contributed by atoms with E-state index in [1.807, 2.05) is 67.7 Å². The third-order valence-corrected chi connectivity index (χ3v) is 4.49. The average molecular weight is 406 g/mol. The van der Waals surface area contributed by atoms with E-state index < -0.39 is 24.0 Å². The summed E-state index contributed by atoms with van der Waals surface area (Å²) in [5, 5.41) is 6.50. The number of carbonyl (C=O) groups is 3. The molecule has 0 aliphatic heterocycles. The van der Waals surface area contributed by atoms with Crippen molar-refractivity contribution in [1.82, 2.24) is 15.1 Å². The van der Waals surface area contributed by atoms with Gasteiger partial charge in [0.05, 0.1) is 5.69 Å². The van der Waals surface area contributed by atoms with Gasteiger partial charge >= 0.3 is 12.0 Å². The van der Waals surface area contributed by atoms with Crippen LogP contribution in [0.15, 0.2) is 54.7 Å². The SMILES string of the molecule is Cc1ccc(-c2nn(-c3ccccc3)cc2C(=O)O[C@H](C)C(=O)NC(N)=O)c(C)c1. The summed E-state index contributed by atoms with van der Waals surface area (Å²) in [6.07, 6.45) is 0.349. The van der Waals surface area contributed by atoms with Crippen molar-refractivity contribution in [2.24, 2.45) is 5.73 Å². The molecule has 8 nitrogen and oxygen atoms in total. The number of hydrogen-bond acceptors (Lipinski definition) is 5. The zero-order valence-electron chi connectivity index (χ0n) is 16.9. The highest BCUT2D eigenvalue weighted by Gasteiger charge is 2.25. The molecule has 1 heterocycles. The first-order valence-corrected chi connectivity index (χ1v) is 9.30. The number of nitrogens with zero attached hydrogens (tertiary/aromatic N) is 2. The van der Waals surface area contributed by atoms with E-state index in [4.69, 9.17) is 10.5 Å². The largest absolute Gasteiger partial charge is 0.449 e. The van der Waals surface area contributed by atoms with Crippen molar-refractivity contribution in [3.8, 4) is 16.9 Å². The zero-order chi connectivity index (χ0) is 21.8. The van der Waals surface area contributed by atoms with Gasteiger partial charge in [-0.25, -0.2) is 14.3 Å². The second kappa shape index (κ2) is 8.60. The first kappa shape index (κ1) is 20.8. The molecule has 1 atom stereocenters. The lowest BCUT2D eigenvalue weighted by Crippen LogP contribution is -2.42. The van der Waals surface area contributed by atoms with E-state index in [2.05, 4.69) is 5.10 Å². The topological polar surface area (TPSA) is 116 Å². The van der Waals surface area contributed by atoms with E-state index >= 15 is 0 Å². The van der Waals surface area contributed by atoms with Gasteiger partial charge in [-0.05, 0) is 38.5 Å². The fourth-order valence-electron chi connectivity index (χ4n) is 3.02. The zero-order valence-corrected chi connectivity index (χ0v) is 16.9. The second-order valence-corrected chi connectivity index (χ2v) is 6.89. The Morgan fingerprint density at radius 1 is 1.10 bits per heavy atom. The van der Waals surface area contributed by atoms with Gasteiger partial charge in [-0.3, -0.25) is 10.1 Å². The number of primary amides is 1. The van der Waals surface area contributed by atoms with Crippen molar-refractivity contribution < 1.29 is 19.1 Å². The maximum Gasteiger partial charge on any atom is 0.342 e. The maximum absolute atomic E-state index is 12.9. The molecule has 0 bridgehead atoms. The number of carbonyl (C=O) groups excluding carboxylic acids is 3. The number of aryl methyl sites for hydroxylation is 2. The monoisotopic (exact) mass is 406 g/mol. The Labute approximate surface area is 173 Å². The van der Waals surface area contributed by atoms with Crippen LogP contribution in [0.25, 0.3) is 16.9 Å². The van der Waals surface area contributed by atoms with Crippen LogP contribution < -0.4 is 11.1 Å². The molecule has 3 aromatic rings. The molecule has 2 aromatic carbocycles. The average Bonchev–Trinajstić information content (AvgIpc) is 3.13. The molecule has 0 spiro atoms. The van der Waals surface area contributed by atoms with Crippen molar-refractivity contribution in [3.63, 3.8) is 0 Å². The summed E-state index contributed by atoms with van der Waals surface area (Å²) in [6, 6.07) is 14.1. The van der Waals surface area contributed by atoms with Crippen molar-refractivity contribution in [1.29, 1.82) is 0 Å². The van der Waals surface area contributed by atoms with E-state index in [1.165, 1.54) is 6.92 Å². The number of benzene rings is 2. The van der Waals surface area contributed by atoms with Crippen molar-refractivity contribution >= 4 is 17.9 Å². The van der Waals surface area contributed by atoms with Crippen molar-refractivity contribution in [3.05, 3.63) is 71.4 Å². The van der Waals surface area contributed by atoms with Gasteiger partial charge < -0.3 is 10.5 Å².